The van der Waals surface area contributed by atoms with Gasteiger partial charge in [0, 0.05) is 38.0 Å². The van der Waals surface area contributed by atoms with Crippen LogP contribution < -0.4 is 4.74 Å². The van der Waals surface area contributed by atoms with E-state index in [4.69, 9.17) is 4.74 Å². The summed E-state index contributed by atoms with van der Waals surface area (Å²) in [5.74, 6) is 0.817. The van der Waals surface area contributed by atoms with E-state index in [-0.39, 0.29) is 17.7 Å². The first-order valence-corrected chi connectivity index (χ1v) is 10.2. The first-order chi connectivity index (χ1) is 13.0. The van der Waals surface area contributed by atoms with Gasteiger partial charge in [0.05, 0.1) is 6.61 Å². The highest BCUT2D eigenvalue weighted by atomic mass is 32.1. The second kappa shape index (κ2) is 8.57. The SMILES string of the molecule is CCOc1cc(-c2ccccc2)sc1C(=O)N1CCC(C(=O)N(C)C)CC1. The molecule has 1 saturated heterocycles. The third kappa shape index (κ3) is 4.33. The third-order valence-corrected chi connectivity index (χ3v) is 5.98. The maximum atomic E-state index is 13.1. The lowest BCUT2D eigenvalue weighted by Crippen LogP contribution is -2.42. The third-order valence-electron chi connectivity index (χ3n) is 4.82. The van der Waals surface area contributed by atoms with Crippen molar-refractivity contribution in [1.82, 2.24) is 9.80 Å². The molecule has 0 unspecified atom stereocenters. The molecule has 6 heteroatoms. The number of amides is 2. The number of hydrogen-bond donors (Lipinski definition) is 0. The average molecular weight is 387 g/mol. The zero-order valence-electron chi connectivity index (χ0n) is 16.1. The van der Waals surface area contributed by atoms with Crippen molar-refractivity contribution in [2.24, 2.45) is 5.92 Å². The van der Waals surface area contributed by atoms with Gasteiger partial charge in [-0.05, 0) is 31.4 Å². The van der Waals surface area contributed by atoms with E-state index in [1.165, 1.54) is 11.3 Å². The van der Waals surface area contributed by atoms with Crippen LogP contribution in [0.25, 0.3) is 10.4 Å². The van der Waals surface area contributed by atoms with Gasteiger partial charge in [-0.2, -0.15) is 0 Å². The lowest BCUT2D eigenvalue weighted by Gasteiger charge is -2.32. The fourth-order valence-electron chi connectivity index (χ4n) is 3.37. The molecule has 3 rings (SSSR count). The second-order valence-corrected chi connectivity index (χ2v) is 7.95. The van der Waals surface area contributed by atoms with Crippen LogP contribution in [-0.2, 0) is 4.79 Å². The minimum absolute atomic E-state index is 0.00128. The highest BCUT2D eigenvalue weighted by Crippen LogP contribution is 2.37. The highest BCUT2D eigenvalue weighted by Gasteiger charge is 2.30. The van der Waals surface area contributed by atoms with Crippen molar-refractivity contribution in [3.63, 3.8) is 0 Å². The Balaban J connectivity index is 1.76. The lowest BCUT2D eigenvalue weighted by atomic mass is 9.95. The summed E-state index contributed by atoms with van der Waals surface area (Å²) in [5.41, 5.74) is 1.08. The number of hydrogen-bond acceptors (Lipinski definition) is 4. The molecule has 0 N–H and O–H groups in total. The van der Waals surface area contributed by atoms with E-state index < -0.39 is 0 Å². The van der Waals surface area contributed by atoms with Gasteiger partial charge >= 0.3 is 0 Å². The van der Waals surface area contributed by atoms with Crippen molar-refractivity contribution in [3.05, 3.63) is 41.3 Å². The first-order valence-electron chi connectivity index (χ1n) is 9.33. The monoisotopic (exact) mass is 386 g/mol. The van der Waals surface area contributed by atoms with E-state index in [9.17, 15) is 9.59 Å². The summed E-state index contributed by atoms with van der Waals surface area (Å²) in [4.78, 5) is 30.4. The summed E-state index contributed by atoms with van der Waals surface area (Å²) in [6.45, 7) is 3.65. The van der Waals surface area contributed by atoms with E-state index in [0.29, 0.717) is 43.2 Å². The molecule has 0 atom stereocenters. The Bertz CT molecular complexity index is 793. The molecule has 1 aromatic heterocycles. The van der Waals surface area contributed by atoms with Crippen LogP contribution in [0.5, 0.6) is 5.75 Å². The number of piperidine rings is 1. The summed E-state index contributed by atoms with van der Waals surface area (Å²) >= 11 is 1.47. The molecule has 2 amide bonds. The quantitative estimate of drug-likeness (QED) is 0.786. The predicted molar refractivity (Wildman–Crippen MR) is 108 cm³/mol. The smallest absolute Gasteiger partial charge is 0.267 e. The number of likely N-dealkylation sites (tertiary alicyclic amines) is 1. The zero-order valence-corrected chi connectivity index (χ0v) is 16.9. The standard InChI is InChI=1S/C21H26N2O3S/c1-4-26-17-14-18(15-8-6-5-7-9-15)27-19(17)21(25)23-12-10-16(11-13-23)20(24)22(2)3/h5-9,14,16H,4,10-13H2,1-3H3. The zero-order chi connectivity index (χ0) is 19.4. The number of benzene rings is 1. The molecule has 2 aromatic rings. The Kier molecular flexibility index (Phi) is 6.16. The first kappa shape index (κ1) is 19.4. The van der Waals surface area contributed by atoms with Crippen LogP contribution in [0.4, 0.5) is 0 Å². The van der Waals surface area contributed by atoms with Crippen molar-refractivity contribution in [2.45, 2.75) is 19.8 Å². The summed E-state index contributed by atoms with van der Waals surface area (Å²) in [7, 11) is 3.57. The Labute approximate surface area is 164 Å². The topological polar surface area (TPSA) is 49.9 Å². The van der Waals surface area contributed by atoms with E-state index in [1.54, 1.807) is 19.0 Å². The van der Waals surface area contributed by atoms with Gasteiger partial charge in [-0.25, -0.2) is 0 Å². The molecule has 2 heterocycles. The maximum Gasteiger partial charge on any atom is 0.267 e. The maximum absolute atomic E-state index is 13.1. The van der Waals surface area contributed by atoms with Crippen LogP contribution in [-0.4, -0.2) is 55.4 Å². The van der Waals surface area contributed by atoms with Gasteiger partial charge in [0.25, 0.3) is 5.91 Å². The van der Waals surface area contributed by atoms with Crippen molar-refractivity contribution in [2.75, 3.05) is 33.8 Å². The summed E-state index contributed by atoms with van der Waals surface area (Å²) in [5, 5.41) is 0. The molecular formula is C21H26N2O3S. The van der Waals surface area contributed by atoms with E-state index in [0.717, 1.165) is 10.4 Å². The highest BCUT2D eigenvalue weighted by molar-refractivity contribution is 7.17. The Morgan fingerprint density at radius 2 is 1.85 bits per heavy atom. The van der Waals surface area contributed by atoms with Gasteiger partial charge in [-0.1, -0.05) is 30.3 Å². The fraction of sp³-hybridized carbons (Fsp3) is 0.429. The Morgan fingerprint density at radius 3 is 2.44 bits per heavy atom. The van der Waals surface area contributed by atoms with Gasteiger partial charge in [0.1, 0.15) is 10.6 Å². The molecule has 1 aliphatic heterocycles. The number of carbonyl (C=O) groups is 2. The van der Waals surface area contributed by atoms with Crippen molar-refractivity contribution in [1.29, 1.82) is 0 Å². The van der Waals surface area contributed by atoms with E-state index in [2.05, 4.69) is 0 Å². The molecule has 0 aliphatic carbocycles. The van der Waals surface area contributed by atoms with Crippen LogP contribution in [0.15, 0.2) is 36.4 Å². The van der Waals surface area contributed by atoms with Crippen LogP contribution in [0.1, 0.15) is 29.4 Å². The second-order valence-electron chi connectivity index (χ2n) is 6.90. The lowest BCUT2D eigenvalue weighted by molar-refractivity contribution is -0.134. The Hall–Kier alpha value is -2.34. The largest absolute Gasteiger partial charge is 0.492 e. The normalized spacial score (nSPS) is 14.9. The molecule has 5 nitrogen and oxygen atoms in total. The number of ether oxygens (including phenoxy) is 1. The van der Waals surface area contributed by atoms with Gasteiger partial charge in [0.15, 0.2) is 0 Å². The summed E-state index contributed by atoms with van der Waals surface area (Å²) in [6.07, 6.45) is 1.42. The summed E-state index contributed by atoms with van der Waals surface area (Å²) < 4.78 is 5.74. The molecular weight excluding hydrogens is 360 g/mol. The van der Waals surface area contributed by atoms with Crippen molar-refractivity contribution >= 4 is 23.2 Å². The Morgan fingerprint density at radius 1 is 1.19 bits per heavy atom. The van der Waals surface area contributed by atoms with Gasteiger partial charge in [-0.3, -0.25) is 9.59 Å². The average Bonchev–Trinajstić information content (AvgIpc) is 3.12. The minimum atomic E-state index is 0.00128. The number of rotatable bonds is 5. The van der Waals surface area contributed by atoms with Crippen molar-refractivity contribution in [3.8, 4) is 16.2 Å². The van der Waals surface area contributed by atoms with E-state index >= 15 is 0 Å². The van der Waals surface area contributed by atoms with Crippen LogP contribution in [0.2, 0.25) is 0 Å². The van der Waals surface area contributed by atoms with Crippen molar-refractivity contribution < 1.29 is 14.3 Å². The fourth-order valence-corrected chi connectivity index (χ4v) is 4.44. The van der Waals surface area contributed by atoms with Gasteiger partial charge < -0.3 is 14.5 Å². The number of carbonyl (C=O) groups excluding carboxylic acids is 2. The molecule has 1 fully saturated rings. The molecule has 0 saturated carbocycles. The molecule has 0 radical (unpaired) electrons. The van der Waals surface area contributed by atoms with Crippen LogP contribution >= 0.6 is 11.3 Å². The molecule has 1 aliphatic rings. The molecule has 144 valence electrons. The molecule has 27 heavy (non-hydrogen) atoms. The van der Waals surface area contributed by atoms with Crippen LogP contribution in [0.3, 0.4) is 0 Å². The van der Waals surface area contributed by atoms with Gasteiger partial charge in [0.2, 0.25) is 5.91 Å². The molecule has 0 spiro atoms. The molecule has 1 aromatic carbocycles. The predicted octanol–water partition coefficient (Wildman–Crippen LogP) is 3.75. The van der Waals surface area contributed by atoms with Crippen LogP contribution in [0, 0.1) is 5.92 Å². The molecule has 0 bridgehead atoms. The van der Waals surface area contributed by atoms with E-state index in [1.807, 2.05) is 48.2 Å². The summed E-state index contributed by atoms with van der Waals surface area (Å²) in [6, 6.07) is 12.0. The van der Waals surface area contributed by atoms with Gasteiger partial charge in [-0.15, -0.1) is 11.3 Å². The number of thiophene rings is 1. The minimum Gasteiger partial charge on any atom is -0.492 e. The number of nitrogens with zero attached hydrogens (tertiary/aromatic N) is 2.